The number of likely N-dealkylation sites (tertiary alicyclic amines) is 1. The zero-order valence-electron chi connectivity index (χ0n) is 18.3. The molecule has 1 N–H and O–H groups in total. The monoisotopic (exact) mass is 404 g/mol. The standard InChI is InChI=1S/C22H32N2O5/c1-7-28-19(26)17-13(2)18(23-14(17)3)20(27)29-10-16(25)24-12-22(6)9-15(24)8-21(4,5)11-22/h15,23H,7-12H2,1-6H3/t15-,22+/m1/s1. The highest BCUT2D eigenvalue weighted by molar-refractivity contribution is 5.99. The molecular formula is C22H32N2O5. The smallest absolute Gasteiger partial charge is 0.355 e. The number of nitrogens with zero attached hydrogens (tertiary/aromatic N) is 1. The number of H-pyrrole nitrogens is 1. The van der Waals surface area contributed by atoms with E-state index in [0.29, 0.717) is 23.4 Å². The maximum absolute atomic E-state index is 12.8. The summed E-state index contributed by atoms with van der Waals surface area (Å²) < 4.78 is 10.4. The average Bonchev–Trinajstić information content (AvgIpc) is 3.04. The van der Waals surface area contributed by atoms with Crippen LogP contribution in [-0.4, -0.2) is 53.5 Å². The van der Waals surface area contributed by atoms with E-state index in [-0.39, 0.29) is 41.7 Å². The molecule has 1 aliphatic carbocycles. The summed E-state index contributed by atoms with van der Waals surface area (Å²) in [6, 6.07) is 0.208. The van der Waals surface area contributed by atoms with Gasteiger partial charge in [-0.2, -0.15) is 0 Å². The molecule has 0 aromatic carbocycles. The van der Waals surface area contributed by atoms with Gasteiger partial charge in [-0.15, -0.1) is 0 Å². The zero-order chi connectivity index (χ0) is 21.6. The van der Waals surface area contributed by atoms with E-state index in [1.807, 2.05) is 4.90 Å². The number of hydrogen-bond donors (Lipinski definition) is 1. The van der Waals surface area contributed by atoms with Gasteiger partial charge in [-0.25, -0.2) is 9.59 Å². The molecule has 2 heterocycles. The van der Waals surface area contributed by atoms with Crippen molar-refractivity contribution in [1.29, 1.82) is 0 Å². The maximum Gasteiger partial charge on any atom is 0.355 e. The van der Waals surface area contributed by atoms with Crippen LogP contribution in [0.25, 0.3) is 0 Å². The largest absolute Gasteiger partial charge is 0.462 e. The lowest BCUT2D eigenvalue weighted by molar-refractivity contribution is -0.135. The Kier molecular flexibility index (Phi) is 5.54. The molecule has 1 saturated heterocycles. The van der Waals surface area contributed by atoms with E-state index in [9.17, 15) is 14.4 Å². The number of aromatic nitrogens is 1. The minimum Gasteiger partial charge on any atom is -0.462 e. The molecule has 0 radical (unpaired) electrons. The molecule has 2 bridgehead atoms. The summed E-state index contributed by atoms with van der Waals surface area (Å²) in [5.74, 6) is -1.27. The van der Waals surface area contributed by atoms with Crippen LogP contribution < -0.4 is 0 Å². The van der Waals surface area contributed by atoms with Crippen LogP contribution in [0.4, 0.5) is 0 Å². The molecule has 160 valence electrons. The lowest BCUT2D eigenvalue weighted by Crippen LogP contribution is -2.39. The molecule has 2 atom stereocenters. The van der Waals surface area contributed by atoms with Gasteiger partial charge in [-0.3, -0.25) is 4.79 Å². The van der Waals surface area contributed by atoms with Crippen LogP contribution in [0.15, 0.2) is 0 Å². The molecule has 2 fully saturated rings. The number of ether oxygens (including phenoxy) is 2. The van der Waals surface area contributed by atoms with E-state index in [4.69, 9.17) is 9.47 Å². The van der Waals surface area contributed by atoms with Gasteiger partial charge in [-0.1, -0.05) is 20.8 Å². The van der Waals surface area contributed by atoms with Crippen molar-refractivity contribution in [2.45, 2.75) is 66.8 Å². The summed E-state index contributed by atoms with van der Waals surface area (Å²) in [6.07, 6.45) is 3.08. The number of hydrogen-bond acceptors (Lipinski definition) is 5. The van der Waals surface area contributed by atoms with E-state index < -0.39 is 11.9 Å². The topological polar surface area (TPSA) is 88.7 Å². The number of esters is 2. The van der Waals surface area contributed by atoms with Crippen LogP contribution in [0.3, 0.4) is 0 Å². The first-order valence-electron chi connectivity index (χ1n) is 10.3. The highest BCUT2D eigenvalue weighted by Gasteiger charge is 2.51. The highest BCUT2D eigenvalue weighted by atomic mass is 16.5. The average molecular weight is 405 g/mol. The lowest BCUT2D eigenvalue weighted by atomic mass is 9.65. The van der Waals surface area contributed by atoms with Crippen LogP contribution in [0.5, 0.6) is 0 Å². The molecule has 29 heavy (non-hydrogen) atoms. The lowest BCUT2D eigenvalue weighted by Gasteiger charge is -2.39. The SMILES string of the molecule is CCOC(=O)c1c(C)[nH]c(C(=O)OCC(=O)N2C[C@@]3(C)C[C@H]2CC(C)(C)C3)c1C. The predicted octanol–water partition coefficient (Wildman–Crippen LogP) is 3.39. The summed E-state index contributed by atoms with van der Waals surface area (Å²) in [4.78, 5) is 42.2. The second-order valence-electron chi connectivity index (χ2n) is 9.66. The Morgan fingerprint density at radius 1 is 1.10 bits per heavy atom. The van der Waals surface area contributed by atoms with Gasteiger partial charge < -0.3 is 19.4 Å². The van der Waals surface area contributed by atoms with Crippen LogP contribution in [0, 0.1) is 24.7 Å². The summed E-state index contributed by atoms with van der Waals surface area (Å²) >= 11 is 0. The number of carbonyl (C=O) groups excluding carboxylic acids is 3. The van der Waals surface area contributed by atoms with Crippen molar-refractivity contribution in [2.24, 2.45) is 10.8 Å². The number of amides is 1. The van der Waals surface area contributed by atoms with E-state index in [0.717, 1.165) is 19.3 Å². The Morgan fingerprint density at radius 2 is 1.79 bits per heavy atom. The molecule has 1 amide bonds. The van der Waals surface area contributed by atoms with Crippen molar-refractivity contribution in [3.63, 3.8) is 0 Å². The molecule has 1 aromatic heterocycles. The quantitative estimate of drug-likeness (QED) is 0.760. The Morgan fingerprint density at radius 3 is 2.45 bits per heavy atom. The van der Waals surface area contributed by atoms with Crippen LogP contribution in [-0.2, 0) is 14.3 Å². The highest BCUT2D eigenvalue weighted by Crippen LogP contribution is 2.52. The molecule has 0 unspecified atom stereocenters. The molecule has 1 aromatic rings. The predicted molar refractivity (Wildman–Crippen MR) is 108 cm³/mol. The van der Waals surface area contributed by atoms with Crippen molar-refractivity contribution in [3.05, 3.63) is 22.5 Å². The summed E-state index contributed by atoms with van der Waals surface area (Å²) in [6.45, 7) is 12.5. The maximum atomic E-state index is 12.8. The minimum atomic E-state index is -0.636. The van der Waals surface area contributed by atoms with Crippen LogP contribution in [0.1, 0.15) is 79.1 Å². The normalized spacial score (nSPS) is 25.0. The fraction of sp³-hybridized carbons (Fsp3) is 0.682. The van der Waals surface area contributed by atoms with Gasteiger partial charge >= 0.3 is 11.9 Å². The fourth-order valence-electron chi connectivity index (χ4n) is 5.50. The number of carbonyl (C=O) groups is 3. The number of aryl methyl sites for hydroxylation is 1. The minimum absolute atomic E-state index is 0.133. The Hall–Kier alpha value is -2.31. The molecule has 1 saturated carbocycles. The molecule has 7 nitrogen and oxygen atoms in total. The van der Waals surface area contributed by atoms with Gasteiger partial charge in [0.05, 0.1) is 12.2 Å². The van der Waals surface area contributed by atoms with Gasteiger partial charge in [0.2, 0.25) is 0 Å². The zero-order valence-corrected chi connectivity index (χ0v) is 18.3. The Balaban J connectivity index is 1.65. The number of rotatable bonds is 5. The molecule has 2 aliphatic rings. The van der Waals surface area contributed by atoms with Crippen molar-refractivity contribution in [2.75, 3.05) is 19.8 Å². The third kappa shape index (κ3) is 4.19. The summed E-state index contributed by atoms with van der Waals surface area (Å²) in [5, 5.41) is 0. The Labute approximate surface area is 172 Å². The van der Waals surface area contributed by atoms with Crippen LogP contribution in [0.2, 0.25) is 0 Å². The molecule has 0 spiro atoms. The van der Waals surface area contributed by atoms with Gasteiger partial charge in [0.25, 0.3) is 5.91 Å². The third-order valence-corrected chi connectivity index (χ3v) is 6.18. The molecule has 1 aliphatic heterocycles. The first-order valence-corrected chi connectivity index (χ1v) is 10.3. The molecular weight excluding hydrogens is 372 g/mol. The fourth-order valence-corrected chi connectivity index (χ4v) is 5.50. The second kappa shape index (κ2) is 7.50. The second-order valence-corrected chi connectivity index (χ2v) is 9.66. The Bertz CT molecular complexity index is 841. The van der Waals surface area contributed by atoms with Crippen molar-refractivity contribution in [3.8, 4) is 0 Å². The number of nitrogens with one attached hydrogen (secondary N) is 1. The molecule has 3 rings (SSSR count). The van der Waals surface area contributed by atoms with E-state index in [2.05, 4.69) is 25.8 Å². The first kappa shape index (κ1) is 21.4. The van der Waals surface area contributed by atoms with E-state index in [1.54, 1.807) is 20.8 Å². The molecule has 7 heteroatoms. The first-order chi connectivity index (χ1) is 13.5. The van der Waals surface area contributed by atoms with Gasteiger partial charge in [0.15, 0.2) is 6.61 Å². The van der Waals surface area contributed by atoms with Gasteiger partial charge in [0.1, 0.15) is 5.69 Å². The van der Waals surface area contributed by atoms with E-state index >= 15 is 0 Å². The van der Waals surface area contributed by atoms with Gasteiger partial charge in [-0.05, 0) is 56.4 Å². The van der Waals surface area contributed by atoms with Crippen molar-refractivity contribution < 1.29 is 23.9 Å². The van der Waals surface area contributed by atoms with E-state index in [1.165, 1.54) is 0 Å². The van der Waals surface area contributed by atoms with Gasteiger partial charge in [0, 0.05) is 18.3 Å². The number of fused-ring (bicyclic) bond motifs is 2. The third-order valence-electron chi connectivity index (χ3n) is 6.18. The summed E-state index contributed by atoms with van der Waals surface area (Å²) in [7, 11) is 0. The summed E-state index contributed by atoms with van der Waals surface area (Å²) in [5.41, 5.74) is 1.90. The number of aromatic amines is 1. The van der Waals surface area contributed by atoms with Crippen molar-refractivity contribution in [1.82, 2.24) is 9.88 Å². The van der Waals surface area contributed by atoms with Crippen molar-refractivity contribution >= 4 is 17.8 Å². The van der Waals surface area contributed by atoms with Crippen LogP contribution >= 0.6 is 0 Å².